The van der Waals surface area contributed by atoms with Crippen molar-refractivity contribution < 1.29 is 4.39 Å². The van der Waals surface area contributed by atoms with Crippen molar-refractivity contribution in [1.82, 2.24) is 9.80 Å². The molecule has 0 aliphatic carbocycles. The molecule has 2 nitrogen and oxygen atoms in total. The Balaban J connectivity index is 1.69. The van der Waals surface area contributed by atoms with E-state index in [1.54, 1.807) is 0 Å². The molecule has 21 heavy (non-hydrogen) atoms. The van der Waals surface area contributed by atoms with Gasteiger partial charge in [0, 0.05) is 19.1 Å². The van der Waals surface area contributed by atoms with Gasteiger partial charge in [-0.15, -0.1) is 0 Å². The minimum atomic E-state index is -0.0481. The summed E-state index contributed by atoms with van der Waals surface area (Å²) in [5.41, 5.74) is 2.81. The van der Waals surface area contributed by atoms with Gasteiger partial charge in [0.1, 0.15) is 5.82 Å². The van der Waals surface area contributed by atoms with E-state index < -0.39 is 0 Å². The Morgan fingerprint density at radius 3 is 2.52 bits per heavy atom. The molecule has 0 spiro atoms. The van der Waals surface area contributed by atoms with Crippen molar-refractivity contribution in [3.63, 3.8) is 0 Å². The highest BCUT2D eigenvalue weighted by molar-refractivity contribution is 5.30. The maximum atomic E-state index is 13.8. The van der Waals surface area contributed by atoms with Crippen molar-refractivity contribution in [1.29, 1.82) is 0 Å². The van der Waals surface area contributed by atoms with Crippen LogP contribution in [0.15, 0.2) is 12.1 Å². The zero-order valence-electron chi connectivity index (χ0n) is 13.4. The molecule has 2 fully saturated rings. The standard InChI is InChI=1S/C18H27FN2/c1-14-10-16(11-15(2)18(14)19)12-20-7-5-9-21-8-4-3-6-17(21)13-20/h10-11,17H,3-9,12-13H2,1-2H3. The van der Waals surface area contributed by atoms with Crippen LogP contribution in [0.2, 0.25) is 0 Å². The quantitative estimate of drug-likeness (QED) is 0.822. The third-order valence-electron chi connectivity index (χ3n) is 5.04. The van der Waals surface area contributed by atoms with Gasteiger partial charge >= 0.3 is 0 Å². The van der Waals surface area contributed by atoms with E-state index in [4.69, 9.17) is 0 Å². The second-order valence-corrected chi connectivity index (χ2v) is 6.82. The number of benzene rings is 1. The Bertz CT molecular complexity index is 477. The number of nitrogens with zero attached hydrogens (tertiary/aromatic N) is 2. The highest BCUT2D eigenvalue weighted by Crippen LogP contribution is 2.23. The molecule has 2 saturated heterocycles. The summed E-state index contributed by atoms with van der Waals surface area (Å²) in [6.07, 6.45) is 5.35. The third-order valence-corrected chi connectivity index (χ3v) is 5.04. The maximum Gasteiger partial charge on any atom is 0.129 e. The largest absolute Gasteiger partial charge is 0.299 e. The molecule has 2 aliphatic heterocycles. The zero-order chi connectivity index (χ0) is 14.8. The van der Waals surface area contributed by atoms with Gasteiger partial charge in [0.05, 0.1) is 0 Å². The number of piperidine rings is 1. The minimum absolute atomic E-state index is 0.0481. The van der Waals surface area contributed by atoms with Crippen LogP contribution in [-0.2, 0) is 6.54 Å². The highest BCUT2D eigenvalue weighted by atomic mass is 19.1. The summed E-state index contributed by atoms with van der Waals surface area (Å²) >= 11 is 0. The molecule has 116 valence electrons. The lowest BCUT2D eigenvalue weighted by Crippen LogP contribution is -2.43. The SMILES string of the molecule is Cc1cc(CN2CCCN3CCCCC3C2)cc(C)c1F. The predicted octanol–water partition coefficient (Wildman–Crippen LogP) is 3.50. The normalized spacial score (nSPS) is 24.6. The summed E-state index contributed by atoms with van der Waals surface area (Å²) in [5.74, 6) is -0.0481. The Morgan fingerprint density at radius 1 is 1.05 bits per heavy atom. The van der Waals surface area contributed by atoms with Crippen LogP contribution in [0.25, 0.3) is 0 Å². The molecule has 2 heterocycles. The highest BCUT2D eigenvalue weighted by Gasteiger charge is 2.26. The molecule has 1 atom stereocenters. The Kier molecular flexibility index (Phi) is 4.60. The monoisotopic (exact) mass is 290 g/mol. The number of halogens is 1. The minimum Gasteiger partial charge on any atom is -0.299 e. The summed E-state index contributed by atoms with van der Waals surface area (Å²) < 4.78 is 13.8. The first-order chi connectivity index (χ1) is 10.1. The van der Waals surface area contributed by atoms with Crippen molar-refractivity contribution in [3.05, 3.63) is 34.6 Å². The van der Waals surface area contributed by atoms with Crippen molar-refractivity contribution in [2.24, 2.45) is 0 Å². The van der Waals surface area contributed by atoms with Gasteiger partial charge in [-0.25, -0.2) is 4.39 Å². The number of aryl methyl sites for hydroxylation is 2. The van der Waals surface area contributed by atoms with E-state index in [0.29, 0.717) is 0 Å². The van der Waals surface area contributed by atoms with Crippen LogP contribution in [0.1, 0.15) is 42.4 Å². The fourth-order valence-corrected chi connectivity index (χ4v) is 3.98. The number of hydrogen-bond donors (Lipinski definition) is 0. The van der Waals surface area contributed by atoms with E-state index >= 15 is 0 Å². The van der Waals surface area contributed by atoms with Gasteiger partial charge in [-0.1, -0.05) is 18.6 Å². The summed E-state index contributed by atoms with van der Waals surface area (Å²) in [4.78, 5) is 5.26. The summed E-state index contributed by atoms with van der Waals surface area (Å²) in [6.45, 7) is 9.59. The van der Waals surface area contributed by atoms with E-state index in [1.807, 2.05) is 26.0 Å². The van der Waals surface area contributed by atoms with Gasteiger partial charge in [0.15, 0.2) is 0 Å². The predicted molar refractivity (Wildman–Crippen MR) is 85.0 cm³/mol. The molecule has 0 amide bonds. The molecule has 1 unspecified atom stereocenters. The van der Waals surface area contributed by atoms with Crippen LogP contribution >= 0.6 is 0 Å². The fraction of sp³-hybridized carbons (Fsp3) is 0.667. The van der Waals surface area contributed by atoms with Crippen LogP contribution in [0, 0.1) is 19.7 Å². The van der Waals surface area contributed by atoms with E-state index in [0.717, 1.165) is 23.7 Å². The average Bonchev–Trinajstić information content (AvgIpc) is 2.66. The molecule has 2 aliphatic rings. The van der Waals surface area contributed by atoms with Gasteiger partial charge in [0.25, 0.3) is 0 Å². The van der Waals surface area contributed by atoms with Crippen LogP contribution in [0.4, 0.5) is 4.39 Å². The van der Waals surface area contributed by atoms with Crippen molar-refractivity contribution >= 4 is 0 Å². The Hall–Kier alpha value is -0.930. The molecular weight excluding hydrogens is 263 g/mol. The first kappa shape index (κ1) is 15.0. The van der Waals surface area contributed by atoms with Crippen LogP contribution in [0.5, 0.6) is 0 Å². The lowest BCUT2D eigenvalue weighted by atomic mass is 10.0. The Morgan fingerprint density at radius 2 is 1.76 bits per heavy atom. The van der Waals surface area contributed by atoms with Crippen LogP contribution < -0.4 is 0 Å². The topological polar surface area (TPSA) is 6.48 Å². The smallest absolute Gasteiger partial charge is 0.129 e. The van der Waals surface area contributed by atoms with Gasteiger partial charge in [-0.05, 0) is 69.4 Å². The molecule has 0 radical (unpaired) electrons. The fourth-order valence-electron chi connectivity index (χ4n) is 3.98. The lowest BCUT2D eigenvalue weighted by Gasteiger charge is -2.35. The van der Waals surface area contributed by atoms with Crippen molar-refractivity contribution in [2.45, 2.75) is 52.1 Å². The first-order valence-corrected chi connectivity index (χ1v) is 8.35. The number of hydrogen-bond acceptors (Lipinski definition) is 2. The molecule has 1 aromatic carbocycles. The summed E-state index contributed by atoms with van der Waals surface area (Å²) in [6, 6.07) is 4.78. The second kappa shape index (κ2) is 6.45. The molecular formula is C18H27FN2. The van der Waals surface area contributed by atoms with Crippen LogP contribution in [0.3, 0.4) is 0 Å². The van der Waals surface area contributed by atoms with Crippen molar-refractivity contribution in [3.8, 4) is 0 Å². The zero-order valence-corrected chi connectivity index (χ0v) is 13.4. The second-order valence-electron chi connectivity index (χ2n) is 6.82. The molecule has 0 bridgehead atoms. The summed E-state index contributed by atoms with van der Waals surface area (Å²) in [5, 5.41) is 0. The molecule has 0 aromatic heterocycles. The average molecular weight is 290 g/mol. The Labute approximate surface area is 127 Å². The molecule has 3 heteroatoms. The number of fused-ring (bicyclic) bond motifs is 1. The van der Waals surface area contributed by atoms with E-state index in [1.165, 1.54) is 57.4 Å². The third kappa shape index (κ3) is 3.46. The molecule has 0 N–H and O–H groups in total. The van der Waals surface area contributed by atoms with E-state index in [9.17, 15) is 4.39 Å². The van der Waals surface area contributed by atoms with Crippen LogP contribution in [-0.4, -0.2) is 42.0 Å². The van der Waals surface area contributed by atoms with Gasteiger partial charge < -0.3 is 0 Å². The van der Waals surface area contributed by atoms with Gasteiger partial charge in [-0.2, -0.15) is 0 Å². The van der Waals surface area contributed by atoms with Gasteiger partial charge in [-0.3, -0.25) is 9.80 Å². The van der Waals surface area contributed by atoms with E-state index in [2.05, 4.69) is 9.80 Å². The number of rotatable bonds is 2. The molecule has 3 rings (SSSR count). The summed E-state index contributed by atoms with van der Waals surface area (Å²) in [7, 11) is 0. The van der Waals surface area contributed by atoms with E-state index in [-0.39, 0.29) is 5.82 Å². The molecule has 1 aromatic rings. The van der Waals surface area contributed by atoms with Gasteiger partial charge in [0.2, 0.25) is 0 Å². The first-order valence-electron chi connectivity index (χ1n) is 8.35. The maximum absolute atomic E-state index is 13.8. The lowest BCUT2D eigenvalue weighted by molar-refractivity contribution is 0.135. The molecule has 0 saturated carbocycles. The van der Waals surface area contributed by atoms with Crippen molar-refractivity contribution in [2.75, 3.05) is 26.2 Å².